The normalized spacial score (nSPS) is 13.5. The number of hydrogen-bond acceptors (Lipinski definition) is 3. The summed E-state index contributed by atoms with van der Waals surface area (Å²) in [7, 11) is 0. The van der Waals surface area contributed by atoms with Gasteiger partial charge in [-0.3, -0.25) is 0 Å². The second kappa shape index (κ2) is 4.34. The van der Waals surface area contributed by atoms with Crippen LogP contribution in [0.2, 0.25) is 5.02 Å². The van der Waals surface area contributed by atoms with E-state index in [1.165, 1.54) is 0 Å². The van der Waals surface area contributed by atoms with Crippen LogP contribution in [0.5, 0.6) is 0 Å². The minimum Gasteiger partial charge on any atom is -0.464 e. The molecule has 0 saturated carbocycles. The van der Waals surface area contributed by atoms with Gasteiger partial charge in [0.1, 0.15) is 5.58 Å². The van der Waals surface area contributed by atoms with E-state index in [1.807, 2.05) is 12.1 Å². The van der Waals surface area contributed by atoms with Crippen LogP contribution in [0.15, 0.2) is 33.5 Å². The van der Waals surface area contributed by atoms with Gasteiger partial charge in [0.25, 0.3) is 0 Å². The molecule has 0 fully saturated rings. The molecule has 0 aliphatic heterocycles. The first-order chi connectivity index (χ1) is 8.74. The number of furan rings is 2. The third kappa shape index (κ3) is 1.55. The Morgan fingerprint density at radius 1 is 1.17 bits per heavy atom. The molecule has 0 amide bonds. The molecule has 1 unspecified atom stereocenters. The van der Waals surface area contributed by atoms with Crippen LogP contribution in [0.1, 0.15) is 24.8 Å². The lowest BCUT2D eigenvalue weighted by Gasteiger charge is -2.13. The van der Waals surface area contributed by atoms with Gasteiger partial charge in [0.05, 0.1) is 17.5 Å². The lowest BCUT2D eigenvalue weighted by atomic mass is 9.93. The van der Waals surface area contributed by atoms with Gasteiger partial charge in [0.15, 0.2) is 5.58 Å². The maximum absolute atomic E-state index is 6.33. The van der Waals surface area contributed by atoms with Gasteiger partial charge in [0, 0.05) is 16.3 Å². The monoisotopic (exact) mass is 263 g/mol. The van der Waals surface area contributed by atoms with E-state index < -0.39 is 0 Å². The Labute approximate surface area is 109 Å². The number of rotatable bonds is 3. The standard InChI is InChI=1S/C14H14ClNO2/c1-8(2-5-16)11-9-3-6-18-14(9)12(15)10-4-7-17-13(10)11/h3-4,6-8H,2,5,16H2,1H3. The van der Waals surface area contributed by atoms with Crippen molar-refractivity contribution in [1.29, 1.82) is 0 Å². The number of benzene rings is 1. The van der Waals surface area contributed by atoms with Crippen molar-refractivity contribution in [2.45, 2.75) is 19.3 Å². The summed E-state index contributed by atoms with van der Waals surface area (Å²) in [6, 6.07) is 3.81. The highest BCUT2D eigenvalue weighted by Crippen LogP contribution is 2.41. The topological polar surface area (TPSA) is 52.3 Å². The fourth-order valence-corrected chi connectivity index (χ4v) is 2.81. The van der Waals surface area contributed by atoms with Crippen molar-refractivity contribution in [3.8, 4) is 0 Å². The summed E-state index contributed by atoms with van der Waals surface area (Å²) in [4.78, 5) is 0. The van der Waals surface area contributed by atoms with Crippen molar-refractivity contribution in [1.82, 2.24) is 0 Å². The number of nitrogens with two attached hydrogens (primary N) is 1. The van der Waals surface area contributed by atoms with Crippen LogP contribution in [0, 0.1) is 0 Å². The van der Waals surface area contributed by atoms with Gasteiger partial charge in [-0.2, -0.15) is 0 Å². The van der Waals surface area contributed by atoms with Crippen molar-refractivity contribution in [3.05, 3.63) is 35.2 Å². The molecule has 0 bridgehead atoms. The zero-order chi connectivity index (χ0) is 12.7. The third-order valence-corrected chi connectivity index (χ3v) is 3.77. The number of halogens is 1. The molecule has 3 nitrogen and oxygen atoms in total. The minimum atomic E-state index is 0.306. The second-order valence-electron chi connectivity index (χ2n) is 4.53. The highest BCUT2D eigenvalue weighted by molar-refractivity contribution is 6.40. The molecule has 1 aromatic carbocycles. The average molecular weight is 264 g/mol. The van der Waals surface area contributed by atoms with Crippen LogP contribution < -0.4 is 5.73 Å². The van der Waals surface area contributed by atoms with Crippen LogP contribution in [-0.4, -0.2) is 6.54 Å². The van der Waals surface area contributed by atoms with Crippen LogP contribution >= 0.6 is 11.6 Å². The first-order valence-corrected chi connectivity index (χ1v) is 6.37. The van der Waals surface area contributed by atoms with E-state index in [2.05, 4.69) is 6.92 Å². The zero-order valence-corrected chi connectivity index (χ0v) is 10.8. The Hall–Kier alpha value is -1.45. The van der Waals surface area contributed by atoms with Crippen molar-refractivity contribution in [3.63, 3.8) is 0 Å². The van der Waals surface area contributed by atoms with E-state index >= 15 is 0 Å². The molecular formula is C14H14ClNO2. The Bertz CT molecular complexity index is 647. The van der Waals surface area contributed by atoms with Gasteiger partial charge in [-0.05, 0) is 31.0 Å². The average Bonchev–Trinajstić information content (AvgIpc) is 2.97. The maximum atomic E-state index is 6.33. The molecule has 3 aromatic rings. The third-order valence-electron chi connectivity index (χ3n) is 3.39. The molecule has 2 heterocycles. The SMILES string of the molecule is CC(CCN)c1c2ccoc2c(Cl)c2ccoc12. The number of fused-ring (bicyclic) bond motifs is 2. The lowest BCUT2D eigenvalue weighted by Crippen LogP contribution is -2.05. The van der Waals surface area contributed by atoms with Gasteiger partial charge in [-0.1, -0.05) is 18.5 Å². The highest BCUT2D eigenvalue weighted by atomic mass is 35.5. The molecular weight excluding hydrogens is 250 g/mol. The Morgan fingerprint density at radius 2 is 1.83 bits per heavy atom. The Kier molecular flexibility index (Phi) is 2.80. The smallest absolute Gasteiger partial charge is 0.153 e. The molecule has 2 N–H and O–H groups in total. The molecule has 0 radical (unpaired) electrons. The van der Waals surface area contributed by atoms with Crippen molar-refractivity contribution < 1.29 is 8.83 Å². The van der Waals surface area contributed by atoms with Gasteiger partial charge in [-0.25, -0.2) is 0 Å². The van der Waals surface area contributed by atoms with E-state index in [1.54, 1.807) is 12.5 Å². The molecule has 0 saturated heterocycles. The summed E-state index contributed by atoms with van der Waals surface area (Å²) in [6.45, 7) is 2.79. The quantitative estimate of drug-likeness (QED) is 0.767. The van der Waals surface area contributed by atoms with Crippen LogP contribution in [0.4, 0.5) is 0 Å². The Balaban J connectivity index is 2.40. The lowest BCUT2D eigenvalue weighted by molar-refractivity contribution is 0.598. The summed E-state index contributed by atoms with van der Waals surface area (Å²) in [5, 5.41) is 2.53. The number of hydrogen-bond donors (Lipinski definition) is 1. The zero-order valence-electron chi connectivity index (χ0n) is 10.1. The predicted octanol–water partition coefficient (Wildman–Crippen LogP) is 4.28. The van der Waals surface area contributed by atoms with Gasteiger partial charge >= 0.3 is 0 Å². The van der Waals surface area contributed by atoms with E-state index in [0.717, 1.165) is 33.9 Å². The fourth-order valence-electron chi connectivity index (χ4n) is 2.51. The minimum absolute atomic E-state index is 0.306. The van der Waals surface area contributed by atoms with E-state index in [9.17, 15) is 0 Å². The molecule has 18 heavy (non-hydrogen) atoms. The van der Waals surface area contributed by atoms with Gasteiger partial charge in [-0.15, -0.1) is 0 Å². The molecule has 0 aliphatic carbocycles. The predicted molar refractivity (Wildman–Crippen MR) is 73.1 cm³/mol. The fraction of sp³-hybridized carbons (Fsp3) is 0.286. The summed E-state index contributed by atoms with van der Waals surface area (Å²) in [5.74, 6) is 0.306. The maximum Gasteiger partial charge on any atom is 0.153 e. The molecule has 2 aromatic heterocycles. The molecule has 4 heteroatoms. The molecule has 1 atom stereocenters. The van der Waals surface area contributed by atoms with Crippen LogP contribution in [-0.2, 0) is 0 Å². The summed E-state index contributed by atoms with van der Waals surface area (Å²) >= 11 is 6.33. The largest absolute Gasteiger partial charge is 0.464 e. The van der Waals surface area contributed by atoms with Crippen LogP contribution in [0.3, 0.4) is 0 Å². The van der Waals surface area contributed by atoms with Crippen molar-refractivity contribution in [2.24, 2.45) is 5.73 Å². The van der Waals surface area contributed by atoms with Crippen molar-refractivity contribution in [2.75, 3.05) is 6.54 Å². The summed E-state index contributed by atoms with van der Waals surface area (Å²) in [6.07, 6.45) is 4.22. The van der Waals surface area contributed by atoms with Crippen LogP contribution in [0.25, 0.3) is 21.9 Å². The van der Waals surface area contributed by atoms with Crippen molar-refractivity contribution >= 4 is 33.5 Å². The molecule has 94 valence electrons. The summed E-state index contributed by atoms with van der Waals surface area (Å²) < 4.78 is 11.1. The highest BCUT2D eigenvalue weighted by Gasteiger charge is 2.20. The first kappa shape index (κ1) is 11.6. The molecule has 0 spiro atoms. The second-order valence-corrected chi connectivity index (χ2v) is 4.91. The van der Waals surface area contributed by atoms with Gasteiger partial charge in [0.2, 0.25) is 0 Å². The van der Waals surface area contributed by atoms with E-state index in [4.69, 9.17) is 26.2 Å². The Morgan fingerprint density at radius 3 is 2.56 bits per heavy atom. The van der Waals surface area contributed by atoms with Gasteiger partial charge < -0.3 is 14.6 Å². The molecule has 0 aliphatic rings. The van der Waals surface area contributed by atoms with E-state index in [0.29, 0.717) is 17.5 Å². The molecule has 3 rings (SSSR count). The summed E-state index contributed by atoms with van der Waals surface area (Å²) in [5.41, 5.74) is 8.36. The van der Waals surface area contributed by atoms with E-state index in [-0.39, 0.29) is 0 Å². The first-order valence-electron chi connectivity index (χ1n) is 6.00.